The summed E-state index contributed by atoms with van der Waals surface area (Å²) >= 11 is 5.97. The van der Waals surface area contributed by atoms with Gasteiger partial charge in [0.15, 0.2) is 0 Å². The van der Waals surface area contributed by atoms with E-state index in [1.807, 2.05) is 78.9 Å². The molecule has 3 aromatic carbocycles. The fourth-order valence-electron chi connectivity index (χ4n) is 2.62. The highest BCUT2D eigenvalue weighted by Gasteiger charge is 2.15. The maximum Gasteiger partial charge on any atom is 0.244 e. The first-order valence-electron chi connectivity index (χ1n) is 8.06. The number of rotatable bonds is 5. The molecule has 0 aliphatic heterocycles. The van der Waals surface area contributed by atoms with Gasteiger partial charge in [-0.2, -0.15) is 0 Å². The van der Waals surface area contributed by atoms with Crippen LogP contribution in [0.4, 0.5) is 0 Å². The molecule has 0 aliphatic rings. The van der Waals surface area contributed by atoms with E-state index in [9.17, 15) is 4.79 Å². The standard InChI is InChI=1S/C22H18ClNO/c23-20-13-7-8-17(16-20)14-15-21(25)24-22(18-9-3-1-4-10-18)19-11-5-2-6-12-19/h1-16,22H,(H,24,25)/b15-14+. The lowest BCUT2D eigenvalue weighted by atomic mass is 9.98. The van der Waals surface area contributed by atoms with Crippen LogP contribution in [-0.4, -0.2) is 5.91 Å². The second-order valence-electron chi connectivity index (χ2n) is 5.65. The summed E-state index contributed by atoms with van der Waals surface area (Å²) in [7, 11) is 0. The predicted octanol–water partition coefficient (Wildman–Crippen LogP) is 5.26. The van der Waals surface area contributed by atoms with Gasteiger partial charge in [0, 0.05) is 11.1 Å². The lowest BCUT2D eigenvalue weighted by Gasteiger charge is -2.19. The molecule has 0 heterocycles. The van der Waals surface area contributed by atoms with Gasteiger partial charge in [0.1, 0.15) is 0 Å². The van der Waals surface area contributed by atoms with E-state index in [0.29, 0.717) is 5.02 Å². The fraction of sp³-hybridized carbons (Fsp3) is 0.0455. The van der Waals surface area contributed by atoms with E-state index in [-0.39, 0.29) is 11.9 Å². The zero-order valence-corrected chi connectivity index (χ0v) is 14.4. The normalized spacial score (nSPS) is 11.0. The Hall–Kier alpha value is -2.84. The van der Waals surface area contributed by atoms with Crippen molar-refractivity contribution in [2.24, 2.45) is 0 Å². The van der Waals surface area contributed by atoms with Crippen LogP contribution in [0.5, 0.6) is 0 Å². The molecule has 3 aromatic rings. The van der Waals surface area contributed by atoms with Gasteiger partial charge in [-0.1, -0.05) is 84.4 Å². The van der Waals surface area contributed by atoms with Crippen molar-refractivity contribution in [2.45, 2.75) is 6.04 Å². The number of hydrogen-bond acceptors (Lipinski definition) is 1. The second-order valence-corrected chi connectivity index (χ2v) is 6.09. The number of carbonyl (C=O) groups excluding carboxylic acids is 1. The Labute approximate surface area is 152 Å². The van der Waals surface area contributed by atoms with Crippen molar-refractivity contribution in [1.82, 2.24) is 5.32 Å². The van der Waals surface area contributed by atoms with Gasteiger partial charge in [0.2, 0.25) is 5.91 Å². The average molecular weight is 348 g/mol. The lowest BCUT2D eigenvalue weighted by molar-refractivity contribution is -0.116. The highest BCUT2D eigenvalue weighted by Crippen LogP contribution is 2.21. The third-order valence-corrected chi connectivity index (χ3v) is 4.06. The smallest absolute Gasteiger partial charge is 0.244 e. The van der Waals surface area contributed by atoms with Gasteiger partial charge < -0.3 is 5.32 Å². The van der Waals surface area contributed by atoms with Crippen LogP contribution >= 0.6 is 11.6 Å². The number of carbonyl (C=O) groups is 1. The van der Waals surface area contributed by atoms with E-state index in [1.165, 1.54) is 6.08 Å². The summed E-state index contributed by atoms with van der Waals surface area (Å²) in [6.45, 7) is 0. The minimum atomic E-state index is -0.195. The minimum Gasteiger partial charge on any atom is -0.342 e. The summed E-state index contributed by atoms with van der Waals surface area (Å²) in [5.74, 6) is -0.155. The Morgan fingerprint density at radius 3 is 2.00 bits per heavy atom. The second kappa shape index (κ2) is 8.32. The molecule has 0 saturated heterocycles. The maximum atomic E-state index is 12.4. The molecule has 124 valence electrons. The molecule has 1 N–H and O–H groups in total. The molecule has 0 atom stereocenters. The average Bonchev–Trinajstić information content (AvgIpc) is 2.66. The topological polar surface area (TPSA) is 29.1 Å². The molecule has 0 aliphatic carbocycles. The van der Waals surface area contributed by atoms with E-state index < -0.39 is 0 Å². The summed E-state index contributed by atoms with van der Waals surface area (Å²) in [6.07, 6.45) is 3.29. The Morgan fingerprint density at radius 1 is 0.840 bits per heavy atom. The first-order valence-corrected chi connectivity index (χ1v) is 8.44. The summed E-state index contributed by atoms with van der Waals surface area (Å²) in [4.78, 5) is 12.4. The highest BCUT2D eigenvalue weighted by molar-refractivity contribution is 6.30. The first kappa shape index (κ1) is 17.0. The molecular weight excluding hydrogens is 330 g/mol. The van der Waals surface area contributed by atoms with Gasteiger partial charge in [0.25, 0.3) is 0 Å². The van der Waals surface area contributed by atoms with Crippen LogP contribution in [0.15, 0.2) is 91.0 Å². The third-order valence-electron chi connectivity index (χ3n) is 3.83. The van der Waals surface area contributed by atoms with Crippen LogP contribution in [0.3, 0.4) is 0 Å². The van der Waals surface area contributed by atoms with Gasteiger partial charge in [-0.3, -0.25) is 4.79 Å². The molecule has 0 radical (unpaired) electrons. The lowest BCUT2D eigenvalue weighted by Crippen LogP contribution is -2.27. The van der Waals surface area contributed by atoms with E-state index in [4.69, 9.17) is 11.6 Å². The van der Waals surface area contributed by atoms with Gasteiger partial charge in [-0.15, -0.1) is 0 Å². The molecule has 1 amide bonds. The van der Waals surface area contributed by atoms with Crippen molar-refractivity contribution in [1.29, 1.82) is 0 Å². The van der Waals surface area contributed by atoms with Crippen molar-refractivity contribution >= 4 is 23.6 Å². The van der Waals surface area contributed by atoms with Crippen LogP contribution in [0.1, 0.15) is 22.7 Å². The SMILES string of the molecule is O=C(/C=C/c1cccc(Cl)c1)NC(c1ccccc1)c1ccccc1. The number of amides is 1. The van der Waals surface area contributed by atoms with E-state index in [2.05, 4.69) is 5.32 Å². The summed E-state index contributed by atoms with van der Waals surface area (Å²) in [5.41, 5.74) is 2.97. The molecule has 0 fully saturated rings. The van der Waals surface area contributed by atoms with Crippen LogP contribution in [-0.2, 0) is 4.79 Å². The number of halogens is 1. The Kier molecular flexibility index (Phi) is 5.65. The molecule has 0 bridgehead atoms. The predicted molar refractivity (Wildman–Crippen MR) is 103 cm³/mol. The first-order chi connectivity index (χ1) is 12.2. The zero-order valence-electron chi connectivity index (χ0n) is 13.6. The Morgan fingerprint density at radius 2 is 1.44 bits per heavy atom. The van der Waals surface area contributed by atoms with Crippen LogP contribution < -0.4 is 5.32 Å². The monoisotopic (exact) mass is 347 g/mol. The van der Waals surface area contributed by atoms with Gasteiger partial charge in [-0.05, 0) is 34.9 Å². The summed E-state index contributed by atoms with van der Waals surface area (Å²) in [6, 6.07) is 27.1. The van der Waals surface area contributed by atoms with Crippen molar-refractivity contribution in [3.05, 3.63) is 113 Å². The Bertz CT molecular complexity index is 820. The zero-order chi connectivity index (χ0) is 17.5. The minimum absolute atomic E-state index is 0.155. The molecule has 0 aromatic heterocycles. The molecule has 25 heavy (non-hydrogen) atoms. The highest BCUT2D eigenvalue weighted by atomic mass is 35.5. The molecular formula is C22H18ClNO. The third kappa shape index (κ3) is 4.82. The Balaban J connectivity index is 1.79. The maximum absolute atomic E-state index is 12.4. The van der Waals surface area contributed by atoms with Gasteiger partial charge in [0.05, 0.1) is 6.04 Å². The molecule has 0 saturated carbocycles. The van der Waals surface area contributed by atoms with Crippen molar-refractivity contribution in [2.75, 3.05) is 0 Å². The molecule has 2 nitrogen and oxygen atoms in total. The van der Waals surface area contributed by atoms with Crippen molar-refractivity contribution in [3.63, 3.8) is 0 Å². The van der Waals surface area contributed by atoms with E-state index in [1.54, 1.807) is 12.1 Å². The number of benzene rings is 3. The molecule has 0 unspecified atom stereocenters. The van der Waals surface area contributed by atoms with Gasteiger partial charge >= 0.3 is 0 Å². The number of nitrogens with one attached hydrogen (secondary N) is 1. The molecule has 0 spiro atoms. The van der Waals surface area contributed by atoms with E-state index in [0.717, 1.165) is 16.7 Å². The summed E-state index contributed by atoms with van der Waals surface area (Å²) < 4.78 is 0. The summed E-state index contributed by atoms with van der Waals surface area (Å²) in [5, 5.41) is 3.72. The van der Waals surface area contributed by atoms with Crippen LogP contribution in [0, 0.1) is 0 Å². The van der Waals surface area contributed by atoms with Crippen molar-refractivity contribution in [3.8, 4) is 0 Å². The van der Waals surface area contributed by atoms with Crippen molar-refractivity contribution < 1.29 is 4.79 Å². The van der Waals surface area contributed by atoms with Crippen LogP contribution in [0.25, 0.3) is 6.08 Å². The van der Waals surface area contributed by atoms with E-state index >= 15 is 0 Å². The fourth-order valence-corrected chi connectivity index (χ4v) is 2.82. The van der Waals surface area contributed by atoms with Crippen LogP contribution in [0.2, 0.25) is 5.02 Å². The molecule has 3 rings (SSSR count). The van der Waals surface area contributed by atoms with Gasteiger partial charge in [-0.25, -0.2) is 0 Å². The molecule has 3 heteroatoms. The number of hydrogen-bond donors (Lipinski definition) is 1. The quantitative estimate of drug-likeness (QED) is 0.627. The largest absolute Gasteiger partial charge is 0.342 e.